The van der Waals surface area contributed by atoms with E-state index in [1.165, 1.54) is 19.5 Å². The highest BCUT2D eigenvalue weighted by Gasteiger charge is 2.21. The zero-order valence-electron chi connectivity index (χ0n) is 8.08. The van der Waals surface area contributed by atoms with Crippen LogP contribution in [0.3, 0.4) is 0 Å². The van der Waals surface area contributed by atoms with Crippen molar-refractivity contribution in [1.29, 1.82) is 5.26 Å². The van der Waals surface area contributed by atoms with Crippen molar-refractivity contribution >= 4 is 0 Å². The lowest BCUT2D eigenvalue weighted by Crippen LogP contribution is -2.38. The Hall–Kier alpha value is -0.550. The van der Waals surface area contributed by atoms with Crippen LogP contribution in [0.5, 0.6) is 0 Å². The summed E-state index contributed by atoms with van der Waals surface area (Å²) in [6, 6.07) is 2.20. The smallest absolute Gasteiger partial charge is 0.0635 e. The second kappa shape index (κ2) is 4.47. The second-order valence-corrected chi connectivity index (χ2v) is 3.95. The van der Waals surface area contributed by atoms with Crippen LogP contribution in [0.15, 0.2) is 0 Å². The predicted octanol–water partition coefficient (Wildman–Crippen LogP) is 1.88. The molecule has 1 saturated heterocycles. The summed E-state index contributed by atoms with van der Waals surface area (Å²) in [6.45, 7) is 7.97. The Morgan fingerprint density at radius 3 is 2.75 bits per heavy atom. The van der Waals surface area contributed by atoms with E-state index >= 15 is 0 Å². The zero-order valence-corrected chi connectivity index (χ0v) is 8.08. The molecule has 1 heterocycles. The van der Waals surface area contributed by atoms with Crippen LogP contribution >= 0.6 is 0 Å². The molecule has 1 aliphatic rings. The topological polar surface area (TPSA) is 27.0 Å². The van der Waals surface area contributed by atoms with E-state index in [2.05, 4.69) is 24.8 Å². The molecule has 0 radical (unpaired) electrons. The number of piperidine rings is 1. The van der Waals surface area contributed by atoms with Crippen LogP contribution < -0.4 is 0 Å². The molecule has 12 heavy (non-hydrogen) atoms. The summed E-state index contributed by atoms with van der Waals surface area (Å²) in [5.74, 6) is 1.67. The fourth-order valence-electron chi connectivity index (χ4n) is 1.76. The van der Waals surface area contributed by atoms with Crippen LogP contribution in [-0.4, -0.2) is 24.5 Å². The summed E-state index contributed by atoms with van der Waals surface area (Å²) >= 11 is 0. The average Bonchev–Trinajstić information content (AvgIpc) is 2.07. The molecule has 2 atom stereocenters. The van der Waals surface area contributed by atoms with Crippen molar-refractivity contribution < 1.29 is 0 Å². The molecule has 2 unspecified atom stereocenters. The highest BCUT2D eigenvalue weighted by molar-refractivity contribution is 4.78. The molecule has 0 aromatic carbocycles. The largest absolute Gasteiger partial charge is 0.302 e. The lowest BCUT2D eigenvalue weighted by atomic mass is 9.89. The lowest BCUT2D eigenvalue weighted by Gasteiger charge is -2.34. The van der Waals surface area contributed by atoms with Crippen LogP contribution in [0.4, 0.5) is 0 Å². The third-order valence-electron chi connectivity index (χ3n) is 2.96. The van der Waals surface area contributed by atoms with Gasteiger partial charge in [0.1, 0.15) is 0 Å². The van der Waals surface area contributed by atoms with Crippen molar-refractivity contribution in [1.82, 2.24) is 4.90 Å². The van der Waals surface area contributed by atoms with Crippen LogP contribution in [0, 0.1) is 23.2 Å². The minimum Gasteiger partial charge on any atom is -0.302 e. The van der Waals surface area contributed by atoms with Crippen molar-refractivity contribution in [3.05, 3.63) is 0 Å². The third kappa shape index (κ3) is 2.49. The average molecular weight is 166 g/mol. The molecule has 0 bridgehead atoms. The molecule has 2 nitrogen and oxygen atoms in total. The first-order valence-corrected chi connectivity index (χ1v) is 4.83. The Morgan fingerprint density at radius 2 is 2.17 bits per heavy atom. The van der Waals surface area contributed by atoms with Crippen molar-refractivity contribution in [2.75, 3.05) is 19.6 Å². The number of hydrogen-bond acceptors (Lipinski definition) is 2. The normalized spacial score (nSPS) is 31.4. The Morgan fingerprint density at radius 1 is 1.42 bits per heavy atom. The molecule has 0 aliphatic carbocycles. The molecule has 0 aromatic rings. The quantitative estimate of drug-likeness (QED) is 0.626. The van der Waals surface area contributed by atoms with Gasteiger partial charge >= 0.3 is 0 Å². The van der Waals surface area contributed by atoms with E-state index in [0.29, 0.717) is 6.42 Å². The highest BCUT2D eigenvalue weighted by Crippen LogP contribution is 2.22. The molecule has 0 amide bonds. The molecule has 68 valence electrons. The van der Waals surface area contributed by atoms with E-state index in [1.54, 1.807) is 0 Å². The third-order valence-corrected chi connectivity index (χ3v) is 2.96. The van der Waals surface area contributed by atoms with Gasteiger partial charge in [-0.3, -0.25) is 0 Å². The molecular formula is C10H18N2. The van der Waals surface area contributed by atoms with Gasteiger partial charge in [0, 0.05) is 19.5 Å². The molecule has 2 heteroatoms. The van der Waals surface area contributed by atoms with E-state index < -0.39 is 0 Å². The van der Waals surface area contributed by atoms with E-state index in [-0.39, 0.29) is 0 Å². The summed E-state index contributed by atoms with van der Waals surface area (Å²) in [4.78, 5) is 2.41. The van der Waals surface area contributed by atoms with Crippen LogP contribution in [0.1, 0.15) is 26.7 Å². The van der Waals surface area contributed by atoms with Crippen LogP contribution in [-0.2, 0) is 0 Å². The lowest BCUT2D eigenvalue weighted by molar-refractivity contribution is 0.141. The maximum atomic E-state index is 8.44. The summed E-state index contributed by atoms with van der Waals surface area (Å²) in [5, 5.41) is 8.44. The monoisotopic (exact) mass is 166 g/mol. The summed E-state index contributed by atoms with van der Waals surface area (Å²) < 4.78 is 0. The first-order valence-electron chi connectivity index (χ1n) is 4.83. The van der Waals surface area contributed by atoms with Crippen LogP contribution in [0.25, 0.3) is 0 Å². The van der Waals surface area contributed by atoms with E-state index in [9.17, 15) is 0 Å². The van der Waals surface area contributed by atoms with Gasteiger partial charge in [-0.1, -0.05) is 13.8 Å². The van der Waals surface area contributed by atoms with Crippen molar-refractivity contribution in [2.24, 2.45) is 11.8 Å². The maximum Gasteiger partial charge on any atom is 0.0635 e. The van der Waals surface area contributed by atoms with Gasteiger partial charge in [0.25, 0.3) is 0 Å². The Kier molecular flexibility index (Phi) is 3.55. The minimum atomic E-state index is 0.682. The summed E-state index contributed by atoms with van der Waals surface area (Å²) in [7, 11) is 0. The van der Waals surface area contributed by atoms with Crippen molar-refractivity contribution in [3.63, 3.8) is 0 Å². The first kappa shape index (κ1) is 9.54. The number of nitriles is 1. The van der Waals surface area contributed by atoms with Gasteiger partial charge in [-0.05, 0) is 24.8 Å². The molecular weight excluding hydrogens is 148 g/mol. The number of nitrogens with zero attached hydrogens (tertiary/aromatic N) is 2. The second-order valence-electron chi connectivity index (χ2n) is 3.95. The van der Waals surface area contributed by atoms with Gasteiger partial charge in [-0.15, -0.1) is 0 Å². The fraction of sp³-hybridized carbons (Fsp3) is 0.900. The minimum absolute atomic E-state index is 0.682. The highest BCUT2D eigenvalue weighted by atomic mass is 15.1. The van der Waals surface area contributed by atoms with E-state index in [1.807, 2.05) is 0 Å². The van der Waals surface area contributed by atoms with E-state index in [0.717, 1.165) is 18.4 Å². The number of rotatable bonds is 2. The first-order chi connectivity index (χ1) is 5.74. The van der Waals surface area contributed by atoms with Gasteiger partial charge < -0.3 is 4.90 Å². The molecule has 0 saturated carbocycles. The Labute approximate surface area is 75.2 Å². The van der Waals surface area contributed by atoms with Crippen LogP contribution in [0.2, 0.25) is 0 Å². The van der Waals surface area contributed by atoms with Gasteiger partial charge in [0.05, 0.1) is 6.07 Å². The fourth-order valence-corrected chi connectivity index (χ4v) is 1.76. The van der Waals surface area contributed by atoms with Crippen molar-refractivity contribution in [3.8, 4) is 6.07 Å². The summed E-state index contributed by atoms with van der Waals surface area (Å²) in [5.41, 5.74) is 0. The molecule has 0 aromatic heterocycles. The van der Waals surface area contributed by atoms with Gasteiger partial charge in [-0.25, -0.2) is 0 Å². The summed E-state index contributed by atoms with van der Waals surface area (Å²) in [6.07, 6.45) is 1.98. The SMILES string of the molecule is CC1CCN(CCC#N)CC1C. The Balaban J connectivity index is 2.26. The standard InChI is InChI=1S/C10H18N2/c1-9-4-7-12(6-3-5-11)8-10(9)2/h9-10H,3-4,6-8H2,1-2H3. The molecule has 0 spiro atoms. The van der Waals surface area contributed by atoms with Crippen molar-refractivity contribution in [2.45, 2.75) is 26.7 Å². The van der Waals surface area contributed by atoms with E-state index in [4.69, 9.17) is 5.26 Å². The molecule has 1 rings (SSSR count). The van der Waals surface area contributed by atoms with Gasteiger partial charge in [-0.2, -0.15) is 5.26 Å². The van der Waals surface area contributed by atoms with Gasteiger partial charge in [0.2, 0.25) is 0 Å². The maximum absolute atomic E-state index is 8.44. The Bertz CT molecular complexity index is 171. The predicted molar refractivity (Wildman–Crippen MR) is 49.6 cm³/mol. The molecule has 0 N–H and O–H groups in total. The van der Waals surface area contributed by atoms with Gasteiger partial charge in [0.15, 0.2) is 0 Å². The molecule has 1 fully saturated rings. The molecule has 1 aliphatic heterocycles. The zero-order chi connectivity index (χ0) is 8.97. The number of likely N-dealkylation sites (tertiary alicyclic amines) is 1. The number of hydrogen-bond donors (Lipinski definition) is 0.